The number of benzene rings is 1. The number of hydrogen-bond donors (Lipinski definition) is 2. The molecule has 126 valence electrons. The van der Waals surface area contributed by atoms with Gasteiger partial charge in [0, 0.05) is 22.0 Å². The number of H-pyrrole nitrogens is 1. The zero-order chi connectivity index (χ0) is 16.5. The molecule has 2 fully saturated rings. The SMILES string of the molecule is O=C(NC1CCCCC1)c1c(-c2ccc(Br)cc2)n[nH]c1C1CC1. The van der Waals surface area contributed by atoms with Crippen molar-refractivity contribution >= 4 is 21.8 Å². The van der Waals surface area contributed by atoms with Gasteiger partial charge in [-0.1, -0.05) is 47.3 Å². The topological polar surface area (TPSA) is 57.8 Å². The number of carbonyl (C=O) groups is 1. The number of aromatic amines is 1. The van der Waals surface area contributed by atoms with Gasteiger partial charge in [0.05, 0.1) is 11.3 Å². The minimum absolute atomic E-state index is 0.0375. The number of hydrogen-bond acceptors (Lipinski definition) is 2. The molecule has 0 saturated heterocycles. The molecule has 1 amide bonds. The van der Waals surface area contributed by atoms with Gasteiger partial charge in [-0.2, -0.15) is 5.10 Å². The average molecular weight is 388 g/mol. The van der Waals surface area contributed by atoms with Crippen molar-refractivity contribution < 1.29 is 4.79 Å². The summed E-state index contributed by atoms with van der Waals surface area (Å²) in [6.07, 6.45) is 8.19. The molecule has 0 spiro atoms. The molecule has 2 aliphatic rings. The van der Waals surface area contributed by atoms with Gasteiger partial charge in [-0.25, -0.2) is 0 Å². The number of aromatic nitrogens is 2. The number of nitrogens with one attached hydrogen (secondary N) is 2. The Morgan fingerprint density at radius 3 is 2.46 bits per heavy atom. The van der Waals surface area contributed by atoms with Crippen molar-refractivity contribution in [2.24, 2.45) is 0 Å². The van der Waals surface area contributed by atoms with E-state index in [1.165, 1.54) is 19.3 Å². The summed E-state index contributed by atoms with van der Waals surface area (Å²) in [6, 6.07) is 8.31. The quantitative estimate of drug-likeness (QED) is 0.792. The van der Waals surface area contributed by atoms with Crippen molar-refractivity contribution in [1.29, 1.82) is 0 Å². The van der Waals surface area contributed by atoms with E-state index in [4.69, 9.17) is 0 Å². The van der Waals surface area contributed by atoms with E-state index in [1.54, 1.807) is 0 Å². The molecule has 0 bridgehead atoms. The summed E-state index contributed by atoms with van der Waals surface area (Å²) in [6.45, 7) is 0. The lowest BCUT2D eigenvalue weighted by atomic mass is 9.95. The van der Waals surface area contributed by atoms with E-state index in [2.05, 4.69) is 31.4 Å². The van der Waals surface area contributed by atoms with Crippen LogP contribution in [0.3, 0.4) is 0 Å². The van der Waals surface area contributed by atoms with Crippen molar-refractivity contribution in [1.82, 2.24) is 15.5 Å². The van der Waals surface area contributed by atoms with Gasteiger partial charge in [-0.3, -0.25) is 9.89 Å². The van der Waals surface area contributed by atoms with Crippen molar-refractivity contribution in [3.8, 4) is 11.3 Å². The fourth-order valence-corrected chi connectivity index (χ4v) is 3.84. The Labute approximate surface area is 150 Å². The Morgan fingerprint density at radius 1 is 1.08 bits per heavy atom. The predicted molar refractivity (Wildman–Crippen MR) is 98.0 cm³/mol. The molecule has 2 aliphatic carbocycles. The number of halogens is 1. The molecule has 1 aromatic carbocycles. The zero-order valence-electron chi connectivity index (χ0n) is 13.6. The standard InChI is InChI=1S/C19H22BrN3O/c20-14-10-8-13(9-11-14)18-16(17(22-23-18)12-6-7-12)19(24)21-15-4-2-1-3-5-15/h8-12,15H,1-7H2,(H,21,24)(H,22,23). The number of rotatable bonds is 4. The number of amides is 1. The summed E-state index contributed by atoms with van der Waals surface area (Å²) in [5, 5.41) is 10.9. The monoisotopic (exact) mass is 387 g/mol. The van der Waals surface area contributed by atoms with Crippen LogP contribution in [0.1, 0.15) is 66.9 Å². The summed E-state index contributed by atoms with van der Waals surface area (Å²) in [4.78, 5) is 13.0. The van der Waals surface area contributed by atoms with Crippen LogP contribution in [0.2, 0.25) is 0 Å². The molecular weight excluding hydrogens is 366 g/mol. The van der Waals surface area contributed by atoms with Gasteiger partial charge < -0.3 is 5.32 Å². The van der Waals surface area contributed by atoms with Crippen LogP contribution >= 0.6 is 15.9 Å². The Balaban J connectivity index is 1.65. The van der Waals surface area contributed by atoms with Crippen LogP contribution in [0.4, 0.5) is 0 Å². The van der Waals surface area contributed by atoms with Crippen LogP contribution in [0, 0.1) is 0 Å². The molecule has 0 unspecified atom stereocenters. The Morgan fingerprint density at radius 2 is 1.79 bits per heavy atom. The van der Waals surface area contributed by atoms with E-state index in [0.29, 0.717) is 12.0 Å². The molecule has 1 aromatic heterocycles. The van der Waals surface area contributed by atoms with E-state index in [-0.39, 0.29) is 5.91 Å². The molecular formula is C19H22BrN3O. The molecule has 0 aliphatic heterocycles. The smallest absolute Gasteiger partial charge is 0.255 e. The Hall–Kier alpha value is -1.62. The minimum Gasteiger partial charge on any atom is -0.349 e. The highest BCUT2D eigenvalue weighted by Gasteiger charge is 2.33. The van der Waals surface area contributed by atoms with Crippen LogP contribution in [0.25, 0.3) is 11.3 Å². The lowest BCUT2D eigenvalue weighted by Crippen LogP contribution is -2.36. The molecule has 5 heteroatoms. The van der Waals surface area contributed by atoms with Crippen molar-refractivity contribution in [2.45, 2.75) is 56.9 Å². The highest BCUT2D eigenvalue weighted by molar-refractivity contribution is 9.10. The zero-order valence-corrected chi connectivity index (χ0v) is 15.2. The molecule has 2 N–H and O–H groups in total. The Bertz CT molecular complexity index is 728. The summed E-state index contributed by atoms with van der Waals surface area (Å²) in [5.41, 5.74) is 3.53. The molecule has 4 nitrogen and oxygen atoms in total. The third kappa shape index (κ3) is 3.27. The van der Waals surface area contributed by atoms with Gasteiger partial charge in [0.25, 0.3) is 5.91 Å². The number of nitrogens with zero attached hydrogens (tertiary/aromatic N) is 1. The first-order valence-corrected chi connectivity index (χ1v) is 9.67. The van der Waals surface area contributed by atoms with E-state index in [9.17, 15) is 4.79 Å². The summed E-state index contributed by atoms with van der Waals surface area (Å²) >= 11 is 3.46. The highest BCUT2D eigenvalue weighted by Crippen LogP contribution is 2.42. The molecule has 0 atom stereocenters. The largest absolute Gasteiger partial charge is 0.349 e. The van der Waals surface area contributed by atoms with Gasteiger partial charge >= 0.3 is 0 Å². The second kappa shape index (κ2) is 6.71. The first-order valence-electron chi connectivity index (χ1n) is 8.87. The molecule has 24 heavy (non-hydrogen) atoms. The van der Waals surface area contributed by atoms with Crippen molar-refractivity contribution in [3.05, 3.63) is 40.0 Å². The molecule has 1 heterocycles. The molecule has 2 saturated carbocycles. The van der Waals surface area contributed by atoms with E-state index in [0.717, 1.165) is 52.7 Å². The van der Waals surface area contributed by atoms with Gasteiger partial charge in [-0.15, -0.1) is 0 Å². The normalized spacial score (nSPS) is 18.5. The van der Waals surface area contributed by atoms with E-state index < -0.39 is 0 Å². The van der Waals surface area contributed by atoms with Crippen LogP contribution in [0.5, 0.6) is 0 Å². The van der Waals surface area contributed by atoms with Crippen LogP contribution < -0.4 is 5.32 Å². The van der Waals surface area contributed by atoms with Gasteiger partial charge in [0.15, 0.2) is 0 Å². The van der Waals surface area contributed by atoms with E-state index >= 15 is 0 Å². The second-order valence-electron chi connectivity index (χ2n) is 6.95. The van der Waals surface area contributed by atoms with Crippen molar-refractivity contribution in [3.63, 3.8) is 0 Å². The molecule has 0 radical (unpaired) electrons. The fraction of sp³-hybridized carbons (Fsp3) is 0.474. The molecule has 4 rings (SSSR count). The van der Waals surface area contributed by atoms with Gasteiger partial charge in [-0.05, 0) is 37.8 Å². The van der Waals surface area contributed by atoms with Gasteiger partial charge in [0.2, 0.25) is 0 Å². The minimum atomic E-state index is 0.0375. The first kappa shape index (κ1) is 15.9. The Kier molecular flexibility index (Phi) is 4.44. The number of carbonyl (C=O) groups excluding carboxylic acids is 1. The maximum atomic E-state index is 13.0. The van der Waals surface area contributed by atoms with Crippen LogP contribution in [-0.2, 0) is 0 Å². The van der Waals surface area contributed by atoms with E-state index in [1.807, 2.05) is 24.3 Å². The highest BCUT2D eigenvalue weighted by atomic mass is 79.9. The van der Waals surface area contributed by atoms with Gasteiger partial charge in [0.1, 0.15) is 5.69 Å². The predicted octanol–water partition coefficient (Wildman–Crippen LogP) is 4.78. The average Bonchev–Trinajstić information content (AvgIpc) is 3.35. The maximum absolute atomic E-state index is 13.0. The first-order chi connectivity index (χ1) is 11.7. The third-order valence-corrected chi connectivity index (χ3v) is 5.59. The fourth-order valence-electron chi connectivity index (χ4n) is 3.57. The second-order valence-corrected chi connectivity index (χ2v) is 7.87. The molecule has 2 aromatic rings. The van der Waals surface area contributed by atoms with Crippen LogP contribution in [0.15, 0.2) is 28.7 Å². The lowest BCUT2D eigenvalue weighted by molar-refractivity contribution is 0.0927. The van der Waals surface area contributed by atoms with Crippen molar-refractivity contribution in [2.75, 3.05) is 0 Å². The lowest BCUT2D eigenvalue weighted by Gasteiger charge is -2.23. The summed E-state index contributed by atoms with van der Waals surface area (Å²) < 4.78 is 1.03. The summed E-state index contributed by atoms with van der Waals surface area (Å²) in [5.74, 6) is 0.504. The summed E-state index contributed by atoms with van der Waals surface area (Å²) in [7, 11) is 0. The van der Waals surface area contributed by atoms with Crippen LogP contribution in [-0.4, -0.2) is 22.1 Å². The maximum Gasteiger partial charge on any atom is 0.255 e. The third-order valence-electron chi connectivity index (χ3n) is 5.07.